The van der Waals surface area contributed by atoms with Gasteiger partial charge in [-0.3, -0.25) is 0 Å². The minimum Gasteiger partial charge on any atom is -0.0854 e. The molecule has 0 N–H and O–H groups in total. The molecule has 0 aliphatic carbocycles. The third-order valence-corrected chi connectivity index (χ3v) is 55.6. The summed E-state index contributed by atoms with van der Waals surface area (Å²) in [6, 6.07) is 0. The van der Waals surface area contributed by atoms with Gasteiger partial charge in [0.1, 0.15) is 0 Å². The lowest BCUT2D eigenvalue weighted by Crippen LogP contribution is -2.79. The van der Waals surface area contributed by atoms with Crippen LogP contribution in [0.25, 0.3) is 0 Å². The van der Waals surface area contributed by atoms with Gasteiger partial charge in [-0.2, -0.15) is 0 Å². The second kappa shape index (κ2) is 9.90. The Morgan fingerprint density at radius 1 is 0.483 bits per heavy atom. The van der Waals surface area contributed by atoms with Crippen LogP contribution in [0.2, 0.25) is 33.2 Å². The van der Waals surface area contributed by atoms with Crippen molar-refractivity contribution in [2.45, 2.75) is 156 Å². The zero-order chi connectivity index (χ0) is 22.9. The van der Waals surface area contributed by atoms with Crippen LogP contribution in [-0.2, 0) is 0 Å². The van der Waals surface area contributed by atoms with Crippen LogP contribution in [0.5, 0.6) is 0 Å². The fourth-order valence-electron chi connectivity index (χ4n) is 9.59. The number of hydrogen-bond donors (Lipinski definition) is 0. The highest BCUT2D eigenvalue weighted by Crippen LogP contribution is 2.70. The van der Waals surface area contributed by atoms with Gasteiger partial charge in [-0.1, -0.05) is 153 Å². The molecule has 0 saturated carbocycles. The highest BCUT2D eigenvalue weighted by atomic mass is 29.6. The zero-order valence-electron chi connectivity index (χ0n) is 22.8. The van der Waals surface area contributed by atoms with E-state index in [4.69, 9.17) is 0 Å². The van der Waals surface area contributed by atoms with Gasteiger partial charge in [-0.05, 0) is 12.8 Å². The van der Waals surface area contributed by atoms with Gasteiger partial charge < -0.3 is 0 Å². The summed E-state index contributed by atoms with van der Waals surface area (Å²) in [5, 5.41) is 4.29. The van der Waals surface area contributed by atoms with E-state index in [1.165, 1.54) is 25.7 Å². The first-order valence-corrected chi connectivity index (χ1v) is 21.5. The van der Waals surface area contributed by atoms with Crippen molar-refractivity contribution in [1.29, 1.82) is 0 Å². The summed E-state index contributed by atoms with van der Waals surface area (Å²) in [5.74, 6) is 0. The average Bonchev–Trinajstić information content (AvgIpc) is 3.14. The largest absolute Gasteiger partial charge is 0.0955 e. The first kappa shape index (κ1) is 27.4. The fourth-order valence-corrected chi connectivity index (χ4v) is 78.4. The summed E-state index contributed by atoms with van der Waals surface area (Å²) >= 11 is 0. The van der Waals surface area contributed by atoms with Crippen molar-refractivity contribution in [3.05, 3.63) is 10.4 Å². The summed E-state index contributed by atoms with van der Waals surface area (Å²) in [4.78, 5) is 0. The molecule has 1 aliphatic rings. The van der Waals surface area contributed by atoms with E-state index in [2.05, 4.69) is 107 Å². The topological polar surface area (TPSA) is 0 Å². The molecule has 1 heterocycles. The Hall–Kier alpha value is 0.391. The molecular formula is C26H56Si3. The molecule has 0 saturated heterocycles. The quantitative estimate of drug-likeness (QED) is 0.258. The lowest BCUT2D eigenvalue weighted by molar-refractivity contribution is 0.825. The van der Waals surface area contributed by atoms with Crippen molar-refractivity contribution < 1.29 is 0 Å². The van der Waals surface area contributed by atoms with Crippen LogP contribution >= 0.6 is 0 Å². The van der Waals surface area contributed by atoms with Gasteiger partial charge >= 0.3 is 0 Å². The summed E-state index contributed by atoms with van der Waals surface area (Å²) < 4.78 is 0. The molecule has 0 aromatic carbocycles. The molecule has 1 aliphatic heterocycles. The summed E-state index contributed by atoms with van der Waals surface area (Å²) in [6.07, 6.45) is 5.58. The lowest BCUT2D eigenvalue weighted by Gasteiger charge is -2.62. The zero-order valence-corrected chi connectivity index (χ0v) is 25.8. The maximum absolute atomic E-state index is 2.66. The first-order valence-electron chi connectivity index (χ1n) is 13.0. The Labute approximate surface area is 188 Å². The van der Waals surface area contributed by atoms with Gasteiger partial charge in [0, 0.05) is 0 Å². The van der Waals surface area contributed by atoms with Crippen LogP contribution in [-0.4, -0.2) is 22.3 Å². The van der Waals surface area contributed by atoms with Gasteiger partial charge in [0.05, 0.1) is 22.3 Å². The molecule has 0 fully saturated rings. The highest BCUT2D eigenvalue weighted by Gasteiger charge is 2.79. The Morgan fingerprint density at radius 2 is 0.690 bits per heavy atom. The van der Waals surface area contributed by atoms with Crippen LogP contribution in [0.3, 0.4) is 0 Å². The molecule has 3 heteroatoms. The van der Waals surface area contributed by atoms with Crippen molar-refractivity contribution in [3.8, 4) is 0 Å². The molecule has 0 bridgehead atoms. The predicted octanol–water partition coefficient (Wildman–Crippen LogP) is 9.94. The van der Waals surface area contributed by atoms with Gasteiger partial charge in [-0.15, -0.1) is 0 Å². The number of allylic oxidation sites excluding steroid dienone is 2. The minimum atomic E-state index is -1.58. The van der Waals surface area contributed by atoms with E-state index in [1.807, 2.05) is 0 Å². The van der Waals surface area contributed by atoms with Crippen LogP contribution in [0.1, 0.15) is 123 Å². The van der Waals surface area contributed by atoms with Gasteiger partial charge in [0.2, 0.25) is 0 Å². The average molecular weight is 453 g/mol. The van der Waals surface area contributed by atoms with Crippen molar-refractivity contribution in [1.82, 2.24) is 0 Å². The van der Waals surface area contributed by atoms with Crippen molar-refractivity contribution >= 4 is 22.3 Å². The molecule has 1 rings (SSSR count). The van der Waals surface area contributed by atoms with E-state index in [1.54, 1.807) is 0 Å². The molecule has 0 unspecified atom stereocenters. The standard InChI is InChI=1S/C26H56Si3/c1-15-17-25-26(18-16-2)29(25,27(19(3)4,20(5)6)21(7)8)28(22(9)10,23(11)12)24(13)14/h19-24H,15-18H2,1-14H3. The van der Waals surface area contributed by atoms with E-state index < -0.39 is 22.3 Å². The van der Waals surface area contributed by atoms with Crippen LogP contribution < -0.4 is 0 Å². The maximum atomic E-state index is 2.66. The molecule has 0 radical (unpaired) electrons. The SMILES string of the molecule is CCCC1=C(CCC)[Si]1([Si](C(C)C)(C(C)C)C(C)C)[Si](C(C)C)(C(C)C)C(C)C. The van der Waals surface area contributed by atoms with Gasteiger partial charge in [0.25, 0.3) is 0 Å². The van der Waals surface area contributed by atoms with Gasteiger partial charge in [-0.25, -0.2) is 0 Å². The third-order valence-electron chi connectivity index (χ3n) is 9.24. The second-order valence-electron chi connectivity index (χ2n) is 12.0. The Bertz CT molecular complexity index is 473. The summed E-state index contributed by atoms with van der Waals surface area (Å²) in [6.45, 7) is 36.8. The molecule has 0 nitrogen and oxygen atoms in total. The monoisotopic (exact) mass is 452 g/mol. The van der Waals surface area contributed by atoms with Crippen molar-refractivity contribution in [2.24, 2.45) is 0 Å². The number of rotatable bonds is 12. The molecule has 0 aromatic heterocycles. The lowest BCUT2D eigenvalue weighted by atomic mass is 10.2. The maximum Gasteiger partial charge on any atom is 0.0955 e. The van der Waals surface area contributed by atoms with E-state index in [9.17, 15) is 0 Å². The minimum absolute atomic E-state index is 0.901. The molecular weight excluding hydrogens is 397 g/mol. The van der Waals surface area contributed by atoms with Crippen molar-refractivity contribution in [2.75, 3.05) is 0 Å². The van der Waals surface area contributed by atoms with Gasteiger partial charge in [0.15, 0.2) is 0 Å². The Balaban J connectivity index is 4.17. The fraction of sp³-hybridized carbons (Fsp3) is 0.923. The van der Waals surface area contributed by atoms with E-state index in [-0.39, 0.29) is 0 Å². The Kier molecular flexibility index (Phi) is 9.36. The molecule has 29 heavy (non-hydrogen) atoms. The van der Waals surface area contributed by atoms with Crippen LogP contribution in [0.15, 0.2) is 10.4 Å². The molecule has 0 spiro atoms. The number of hydrogen-bond acceptors (Lipinski definition) is 0. The van der Waals surface area contributed by atoms with Crippen molar-refractivity contribution in [3.63, 3.8) is 0 Å². The molecule has 0 atom stereocenters. The summed E-state index contributed by atoms with van der Waals surface area (Å²) in [7, 11) is -4.66. The second-order valence-corrected chi connectivity index (χ2v) is 36.6. The molecule has 172 valence electrons. The smallest absolute Gasteiger partial charge is 0.0854 e. The van der Waals surface area contributed by atoms with E-state index >= 15 is 0 Å². The highest BCUT2D eigenvalue weighted by molar-refractivity contribution is 7.79. The third kappa shape index (κ3) is 3.57. The predicted molar refractivity (Wildman–Crippen MR) is 145 cm³/mol. The molecule has 0 amide bonds. The normalized spacial score (nSPS) is 17.8. The summed E-state index contributed by atoms with van der Waals surface area (Å²) in [5.41, 5.74) is 5.41. The van der Waals surface area contributed by atoms with Crippen LogP contribution in [0.4, 0.5) is 0 Å². The Morgan fingerprint density at radius 3 is 0.828 bits per heavy atom. The molecule has 0 aromatic rings. The van der Waals surface area contributed by atoms with Crippen LogP contribution in [0, 0.1) is 0 Å². The van der Waals surface area contributed by atoms with E-state index in [0.29, 0.717) is 0 Å². The van der Waals surface area contributed by atoms with E-state index in [0.717, 1.165) is 33.2 Å². The first-order chi connectivity index (χ1) is 13.3.